The van der Waals surface area contributed by atoms with Crippen LogP contribution in [-0.4, -0.2) is 38.3 Å². The largest absolute Gasteiger partial charge is 0.354 e. The van der Waals surface area contributed by atoms with Crippen molar-refractivity contribution in [2.24, 2.45) is 5.92 Å². The maximum atomic E-state index is 13.7. The van der Waals surface area contributed by atoms with Crippen molar-refractivity contribution < 1.29 is 14.0 Å². The van der Waals surface area contributed by atoms with E-state index in [-0.39, 0.29) is 24.9 Å². The summed E-state index contributed by atoms with van der Waals surface area (Å²) in [6, 6.07) is 16.0. The lowest BCUT2D eigenvalue weighted by atomic mass is 10.0. The van der Waals surface area contributed by atoms with Crippen molar-refractivity contribution in [2.45, 2.75) is 39.4 Å². The van der Waals surface area contributed by atoms with E-state index < -0.39 is 11.9 Å². The molecule has 0 aliphatic carbocycles. The minimum Gasteiger partial charge on any atom is -0.354 e. The van der Waals surface area contributed by atoms with Gasteiger partial charge in [0.1, 0.15) is 23.9 Å². The molecule has 0 aliphatic heterocycles. The molecule has 2 aromatic heterocycles. The smallest absolute Gasteiger partial charge is 0.247 e. The standard InChI is InChI=1S/C26H28FN5O2S/c1-18(2)13-14-28-26(34)25(19-9-11-20(27)12-10-19)31(16-21-6-5-15-35-21)24(33)17-32-23-8-4-3-7-22(23)29-30-32/h3-12,15,18,25H,13-14,16-17H2,1-2H3,(H,28,34). The highest BCUT2D eigenvalue weighted by atomic mass is 32.1. The summed E-state index contributed by atoms with van der Waals surface area (Å²) in [5.41, 5.74) is 1.96. The molecule has 0 aliphatic rings. The number of hydrogen-bond acceptors (Lipinski definition) is 5. The van der Waals surface area contributed by atoms with Crippen molar-refractivity contribution in [1.29, 1.82) is 0 Å². The first-order valence-electron chi connectivity index (χ1n) is 11.6. The third-order valence-electron chi connectivity index (χ3n) is 5.70. The number of halogens is 1. The molecule has 1 atom stereocenters. The number of hydrogen-bond donors (Lipinski definition) is 1. The fourth-order valence-corrected chi connectivity index (χ4v) is 4.55. The topological polar surface area (TPSA) is 80.1 Å². The lowest BCUT2D eigenvalue weighted by molar-refractivity contribution is -0.142. The molecule has 35 heavy (non-hydrogen) atoms. The first kappa shape index (κ1) is 24.5. The second-order valence-corrected chi connectivity index (χ2v) is 9.80. The first-order valence-corrected chi connectivity index (χ1v) is 12.4. The van der Waals surface area contributed by atoms with E-state index >= 15 is 0 Å². The average Bonchev–Trinajstić information content (AvgIpc) is 3.50. The van der Waals surface area contributed by atoms with Crippen LogP contribution in [0.15, 0.2) is 66.0 Å². The van der Waals surface area contributed by atoms with E-state index in [9.17, 15) is 14.0 Å². The van der Waals surface area contributed by atoms with Crippen LogP contribution in [-0.2, 0) is 22.7 Å². The number of carbonyl (C=O) groups excluding carboxylic acids is 2. The van der Waals surface area contributed by atoms with E-state index in [4.69, 9.17) is 0 Å². The number of aromatic nitrogens is 3. The van der Waals surface area contributed by atoms with Gasteiger partial charge in [-0.3, -0.25) is 9.59 Å². The van der Waals surface area contributed by atoms with Gasteiger partial charge in [-0.25, -0.2) is 9.07 Å². The fraction of sp³-hybridized carbons (Fsp3) is 0.308. The van der Waals surface area contributed by atoms with Gasteiger partial charge in [0.2, 0.25) is 11.8 Å². The Labute approximate surface area is 207 Å². The molecule has 0 fully saturated rings. The predicted molar refractivity (Wildman–Crippen MR) is 134 cm³/mol. The van der Waals surface area contributed by atoms with Gasteiger partial charge in [0.05, 0.1) is 12.1 Å². The van der Waals surface area contributed by atoms with E-state index in [1.54, 1.807) is 17.0 Å². The summed E-state index contributed by atoms with van der Waals surface area (Å²) in [6.07, 6.45) is 0.811. The number of para-hydroxylation sites is 1. The highest BCUT2D eigenvalue weighted by molar-refractivity contribution is 7.09. The number of amides is 2. The van der Waals surface area contributed by atoms with Gasteiger partial charge >= 0.3 is 0 Å². The Hall–Kier alpha value is -3.59. The Balaban J connectivity index is 1.68. The Bertz CT molecular complexity index is 1270. The van der Waals surface area contributed by atoms with Gasteiger partial charge in [-0.15, -0.1) is 16.4 Å². The molecule has 0 spiro atoms. The number of fused-ring (bicyclic) bond motifs is 1. The van der Waals surface area contributed by atoms with Gasteiger partial charge in [-0.05, 0) is 53.6 Å². The molecule has 9 heteroatoms. The summed E-state index contributed by atoms with van der Waals surface area (Å²) < 4.78 is 15.2. The predicted octanol–water partition coefficient (Wildman–Crippen LogP) is 4.56. The molecule has 2 aromatic carbocycles. The average molecular weight is 494 g/mol. The lowest BCUT2D eigenvalue weighted by Crippen LogP contribution is -2.44. The van der Waals surface area contributed by atoms with Crippen molar-refractivity contribution >= 4 is 34.2 Å². The number of rotatable bonds is 10. The Morgan fingerprint density at radius 2 is 1.86 bits per heavy atom. The van der Waals surface area contributed by atoms with Gasteiger partial charge < -0.3 is 10.2 Å². The van der Waals surface area contributed by atoms with E-state index in [0.29, 0.717) is 23.5 Å². The fourth-order valence-electron chi connectivity index (χ4n) is 3.85. The van der Waals surface area contributed by atoms with Crippen molar-refractivity contribution in [3.8, 4) is 0 Å². The van der Waals surface area contributed by atoms with Gasteiger partial charge in [0.15, 0.2) is 0 Å². The third-order valence-corrected chi connectivity index (χ3v) is 6.56. The molecule has 0 radical (unpaired) electrons. The highest BCUT2D eigenvalue weighted by Gasteiger charge is 2.32. The normalized spacial score (nSPS) is 12.1. The Morgan fingerprint density at radius 3 is 2.57 bits per heavy atom. The zero-order valence-corrected chi connectivity index (χ0v) is 20.5. The highest BCUT2D eigenvalue weighted by Crippen LogP contribution is 2.26. The quantitative estimate of drug-likeness (QED) is 0.351. The second kappa shape index (κ2) is 11.2. The van der Waals surface area contributed by atoms with Gasteiger partial charge in [0, 0.05) is 11.4 Å². The van der Waals surface area contributed by atoms with Crippen molar-refractivity contribution in [1.82, 2.24) is 25.2 Å². The first-order chi connectivity index (χ1) is 16.9. The molecular formula is C26H28FN5O2S. The SMILES string of the molecule is CC(C)CCNC(=O)C(c1ccc(F)cc1)N(Cc1cccs1)C(=O)Cn1nnc2ccccc21. The molecule has 4 aromatic rings. The summed E-state index contributed by atoms with van der Waals surface area (Å²) in [7, 11) is 0. The van der Waals surface area contributed by atoms with E-state index in [1.807, 2.05) is 41.8 Å². The zero-order valence-electron chi connectivity index (χ0n) is 19.7. The molecule has 0 bridgehead atoms. The third kappa shape index (κ3) is 6.10. The molecule has 1 unspecified atom stereocenters. The van der Waals surface area contributed by atoms with Crippen molar-refractivity contribution in [2.75, 3.05) is 6.54 Å². The van der Waals surface area contributed by atoms with E-state index in [2.05, 4.69) is 29.5 Å². The lowest BCUT2D eigenvalue weighted by Gasteiger charge is -2.31. The maximum absolute atomic E-state index is 13.7. The molecule has 7 nitrogen and oxygen atoms in total. The Morgan fingerprint density at radius 1 is 1.09 bits per heavy atom. The molecule has 0 saturated heterocycles. The van der Waals surface area contributed by atoms with Crippen LogP contribution in [0, 0.1) is 11.7 Å². The van der Waals surface area contributed by atoms with Crippen LogP contribution in [0.5, 0.6) is 0 Å². The van der Waals surface area contributed by atoms with Gasteiger partial charge in [-0.1, -0.05) is 49.4 Å². The summed E-state index contributed by atoms with van der Waals surface area (Å²) >= 11 is 1.51. The van der Waals surface area contributed by atoms with E-state index in [1.165, 1.54) is 28.2 Å². The molecule has 2 amide bonds. The van der Waals surface area contributed by atoms with Crippen molar-refractivity contribution in [3.05, 3.63) is 82.3 Å². The number of benzene rings is 2. The minimum atomic E-state index is -0.924. The summed E-state index contributed by atoms with van der Waals surface area (Å²) in [5, 5.41) is 13.2. The van der Waals surface area contributed by atoms with Crippen LogP contribution in [0.2, 0.25) is 0 Å². The zero-order chi connectivity index (χ0) is 24.8. The van der Waals surface area contributed by atoms with Crippen LogP contribution in [0.4, 0.5) is 4.39 Å². The van der Waals surface area contributed by atoms with Crippen LogP contribution >= 0.6 is 11.3 Å². The van der Waals surface area contributed by atoms with E-state index in [0.717, 1.165) is 16.8 Å². The number of nitrogens with one attached hydrogen (secondary N) is 1. The van der Waals surface area contributed by atoms with Crippen LogP contribution < -0.4 is 5.32 Å². The molecule has 1 N–H and O–H groups in total. The monoisotopic (exact) mass is 493 g/mol. The van der Waals surface area contributed by atoms with Crippen LogP contribution in [0.3, 0.4) is 0 Å². The van der Waals surface area contributed by atoms with Crippen molar-refractivity contribution in [3.63, 3.8) is 0 Å². The van der Waals surface area contributed by atoms with Crippen LogP contribution in [0.25, 0.3) is 11.0 Å². The molecule has 2 heterocycles. The Kier molecular flexibility index (Phi) is 7.87. The molecule has 182 valence electrons. The van der Waals surface area contributed by atoms with Crippen LogP contribution in [0.1, 0.15) is 36.8 Å². The number of carbonyl (C=O) groups is 2. The molecule has 0 saturated carbocycles. The molecular weight excluding hydrogens is 465 g/mol. The maximum Gasteiger partial charge on any atom is 0.247 e. The van der Waals surface area contributed by atoms with Gasteiger partial charge in [0.25, 0.3) is 0 Å². The summed E-state index contributed by atoms with van der Waals surface area (Å²) in [5.74, 6) is -0.574. The second-order valence-electron chi connectivity index (χ2n) is 8.76. The minimum absolute atomic E-state index is 0.0805. The van der Waals surface area contributed by atoms with Gasteiger partial charge in [-0.2, -0.15) is 0 Å². The summed E-state index contributed by atoms with van der Waals surface area (Å²) in [4.78, 5) is 29.7. The molecule has 4 rings (SSSR count). The summed E-state index contributed by atoms with van der Waals surface area (Å²) in [6.45, 7) is 4.81. The number of thiophene rings is 1. The number of nitrogens with zero attached hydrogens (tertiary/aromatic N) is 4.